The second-order valence-electron chi connectivity index (χ2n) is 7.62. The van der Waals surface area contributed by atoms with E-state index >= 15 is 0 Å². The second-order valence-corrected chi connectivity index (χ2v) is 9.56. The summed E-state index contributed by atoms with van der Waals surface area (Å²) in [6, 6.07) is 12.7. The van der Waals surface area contributed by atoms with Crippen LogP contribution < -0.4 is 5.32 Å². The first-order chi connectivity index (χ1) is 14.5. The van der Waals surface area contributed by atoms with Crippen molar-refractivity contribution >= 4 is 27.0 Å². The van der Waals surface area contributed by atoms with Gasteiger partial charge in [-0.25, -0.2) is 13.4 Å². The number of aromatic nitrogens is 2. The van der Waals surface area contributed by atoms with E-state index in [-0.39, 0.29) is 10.8 Å². The average Bonchev–Trinajstić information content (AvgIpc) is 3.42. The Bertz CT molecular complexity index is 1160. The van der Waals surface area contributed by atoms with Crippen LogP contribution in [-0.4, -0.2) is 47.8 Å². The van der Waals surface area contributed by atoms with Crippen molar-refractivity contribution < 1.29 is 13.2 Å². The standard InChI is InChI=1S/C22H26N4O3S/c1-17-9-10-18(30(28,29)26-13-4-5-14-26)15-19(17)22(27)23-11-6-12-25-16-24-20-7-2-3-8-21(20)25/h2-3,7-10,15-16H,4-6,11-14H2,1H3,(H,23,27). The van der Waals surface area contributed by atoms with Gasteiger partial charge in [0.05, 0.1) is 22.3 Å². The van der Waals surface area contributed by atoms with Crippen LogP contribution in [-0.2, 0) is 16.6 Å². The molecule has 30 heavy (non-hydrogen) atoms. The summed E-state index contributed by atoms with van der Waals surface area (Å²) >= 11 is 0. The number of para-hydroxylation sites is 2. The summed E-state index contributed by atoms with van der Waals surface area (Å²) in [5.41, 5.74) is 3.18. The number of fused-ring (bicyclic) bond motifs is 1. The highest BCUT2D eigenvalue weighted by Gasteiger charge is 2.28. The quantitative estimate of drug-likeness (QED) is 0.589. The molecule has 0 spiro atoms. The Labute approximate surface area is 176 Å². The zero-order valence-corrected chi connectivity index (χ0v) is 17.9. The van der Waals surface area contributed by atoms with E-state index in [1.165, 1.54) is 10.4 Å². The minimum absolute atomic E-state index is 0.185. The molecule has 8 heteroatoms. The summed E-state index contributed by atoms with van der Waals surface area (Å²) in [6.45, 7) is 4.14. The van der Waals surface area contributed by atoms with Crippen molar-refractivity contribution in [2.75, 3.05) is 19.6 Å². The number of amides is 1. The number of nitrogens with zero attached hydrogens (tertiary/aromatic N) is 3. The highest BCUT2D eigenvalue weighted by molar-refractivity contribution is 7.89. The van der Waals surface area contributed by atoms with Gasteiger partial charge >= 0.3 is 0 Å². The molecule has 1 amide bonds. The Morgan fingerprint density at radius 2 is 1.90 bits per heavy atom. The summed E-state index contributed by atoms with van der Waals surface area (Å²) in [7, 11) is -3.54. The SMILES string of the molecule is Cc1ccc(S(=O)(=O)N2CCCC2)cc1C(=O)NCCCn1cnc2ccccc21. The lowest BCUT2D eigenvalue weighted by Crippen LogP contribution is -2.29. The van der Waals surface area contributed by atoms with Gasteiger partial charge < -0.3 is 9.88 Å². The third kappa shape index (κ3) is 4.11. The van der Waals surface area contributed by atoms with Crippen LogP contribution >= 0.6 is 0 Å². The molecule has 2 aromatic carbocycles. The Morgan fingerprint density at radius 1 is 1.13 bits per heavy atom. The monoisotopic (exact) mass is 426 g/mol. The zero-order chi connectivity index (χ0) is 21.1. The third-order valence-corrected chi connectivity index (χ3v) is 7.44. The van der Waals surface area contributed by atoms with E-state index in [1.807, 2.05) is 37.5 Å². The molecule has 7 nitrogen and oxygen atoms in total. The van der Waals surface area contributed by atoms with Gasteiger partial charge in [-0.3, -0.25) is 4.79 Å². The molecule has 0 radical (unpaired) electrons. The highest BCUT2D eigenvalue weighted by Crippen LogP contribution is 2.23. The van der Waals surface area contributed by atoms with Crippen LogP contribution in [0, 0.1) is 6.92 Å². The van der Waals surface area contributed by atoms with E-state index in [2.05, 4.69) is 14.9 Å². The first kappa shape index (κ1) is 20.6. The van der Waals surface area contributed by atoms with Gasteiger partial charge in [-0.05, 0) is 56.0 Å². The molecule has 1 fully saturated rings. The van der Waals surface area contributed by atoms with E-state index in [0.717, 1.165) is 42.4 Å². The number of carbonyl (C=O) groups excluding carboxylic acids is 1. The van der Waals surface area contributed by atoms with E-state index in [9.17, 15) is 13.2 Å². The smallest absolute Gasteiger partial charge is 0.251 e. The Kier molecular flexibility index (Phi) is 5.87. The summed E-state index contributed by atoms with van der Waals surface area (Å²) in [5, 5.41) is 2.92. The van der Waals surface area contributed by atoms with Crippen molar-refractivity contribution in [2.45, 2.75) is 37.6 Å². The lowest BCUT2D eigenvalue weighted by Gasteiger charge is -2.17. The average molecular weight is 427 g/mol. The molecule has 0 bridgehead atoms. The molecule has 1 saturated heterocycles. The van der Waals surface area contributed by atoms with Gasteiger partial charge in [0.2, 0.25) is 10.0 Å². The minimum atomic E-state index is -3.54. The van der Waals surface area contributed by atoms with E-state index < -0.39 is 10.0 Å². The van der Waals surface area contributed by atoms with E-state index in [4.69, 9.17) is 0 Å². The topological polar surface area (TPSA) is 84.3 Å². The maximum absolute atomic E-state index is 12.8. The summed E-state index contributed by atoms with van der Waals surface area (Å²) in [6.07, 6.45) is 4.31. The number of carbonyl (C=O) groups is 1. The molecule has 0 unspecified atom stereocenters. The number of hydrogen-bond acceptors (Lipinski definition) is 4. The number of benzene rings is 2. The molecular weight excluding hydrogens is 400 g/mol. The maximum Gasteiger partial charge on any atom is 0.251 e. The summed E-state index contributed by atoms with van der Waals surface area (Å²) in [4.78, 5) is 17.3. The maximum atomic E-state index is 12.8. The number of hydrogen-bond donors (Lipinski definition) is 1. The van der Waals surface area contributed by atoms with Gasteiger partial charge in [0.15, 0.2) is 0 Å². The Hall–Kier alpha value is -2.71. The molecule has 0 aliphatic carbocycles. The highest BCUT2D eigenvalue weighted by atomic mass is 32.2. The minimum Gasteiger partial charge on any atom is -0.352 e. The Morgan fingerprint density at radius 3 is 2.70 bits per heavy atom. The molecule has 0 saturated carbocycles. The van der Waals surface area contributed by atoms with Gasteiger partial charge in [-0.15, -0.1) is 0 Å². The van der Waals surface area contributed by atoms with Crippen molar-refractivity contribution in [1.82, 2.24) is 19.2 Å². The van der Waals surface area contributed by atoms with Crippen LogP contribution in [0.3, 0.4) is 0 Å². The van der Waals surface area contributed by atoms with Crippen molar-refractivity contribution in [3.63, 3.8) is 0 Å². The third-order valence-electron chi connectivity index (χ3n) is 5.55. The lowest BCUT2D eigenvalue weighted by molar-refractivity contribution is 0.0952. The van der Waals surface area contributed by atoms with Crippen molar-refractivity contribution in [1.29, 1.82) is 0 Å². The molecule has 0 atom stereocenters. The van der Waals surface area contributed by atoms with Crippen LogP contribution in [0.1, 0.15) is 35.2 Å². The fourth-order valence-corrected chi connectivity index (χ4v) is 5.36. The number of imidazole rings is 1. The molecular formula is C22H26N4O3S. The molecule has 2 heterocycles. The van der Waals surface area contributed by atoms with Crippen molar-refractivity contribution in [3.05, 3.63) is 59.9 Å². The first-order valence-electron chi connectivity index (χ1n) is 10.3. The predicted octanol–water partition coefficient (Wildman–Crippen LogP) is 2.95. The molecule has 1 aliphatic heterocycles. The fraction of sp³-hybridized carbons (Fsp3) is 0.364. The lowest BCUT2D eigenvalue weighted by atomic mass is 10.1. The van der Waals surface area contributed by atoms with E-state index in [1.54, 1.807) is 12.1 Å². The number of rotatable bonds is 7. The van der Waals surface area contributed by atoms with Crippen LogP contribution in [0.5, 0.6) is 0 Å². The predicted molar refractivity (Wildman–Crippen MR) is 116 cm³/mol. The van der Waals surface area contributed by atoms with Crippen LogP contribution in [0.15, 0.2) is 53.7 Å². The fourth-order valence-electron chi connectivity index (χ4n) is 3.82. The van der Waals surface area contributed by atoms with Crippen LogP contribution in [0.4, 0.5) is 0 Å². The van der Waals surface area contributed by atoms with Gasteiger partial charge in [0.25, 0.3) is 5.91 Å². The van der Waals surface area contributed by atoms with Crippen LogP contribution in [0.25, 0.3) is 11.0 Å². The largest absolute Gasteiger partial charge is 0.352 e. The van der Waals surface area contributed by atoms with Crippen molar-refractivity contribution in [2.24, 2.45) is 0 Å². The Balaban J connectivity index is 1.39. The molecule has 1 aliphatic rings. The summed E-state index contributed by atoms with van der Waals surface area (Å²) in [5.74, 6) is -0.249. The molecule has 4 rings (SSSR count). The van der Waals surface area contributed by atoms with Crippen LogP contribution in [0.2, 0.25) is 0 Å². The normalized spacial score (nSPS) is 15.0. The summed E-state index contributed by atoms with van der Waals surface area (Å²) < 4.78 is 29.2. The van der Waals surface area contributed by atoms with Crippen molar-refractivity contribution in [3.8, 4) is 0 Å². The number of aryl methyl sites for hydroxylation is 2. The molecule has 1 aromatic heterocycles. The van der Waals surface area contributed by atoms with Gasteiger partial charge in [-0.2, -0.15) is 4.31 Å². The number of sulfonamides is 1. The molecule has 158 valence electrons. The number of nitrogens with one attached hydrogen (secondary N) is 1. The first-order valence-corrected chi connectivity index (χ1v) is 11.7. The van der Waals surface area contributed by atoms with E-state index in [0.29, 0.717) is 25.2 Å². The van der Waals surface area contributed by atoms with Gasteiger partial charge in [-0.1, -0.05) is 18.2 Å². The zero-order valence-electron chi connectivity index (χ0n) is 17.0. The second kappa shape index (κ2) is 8.57. The molecule has 3 aromatic rings. The molecule has 1 N–H and O–H groups in total. The van der Waals surface area contributed by atoms with Gasteiger partial charge in [0, 0.05) is 31.7 Å². The van der Waals surface area contributed by atoms with Gasteiger partial charge in [0.1, 0.15) is 0 Å².